The standard InChI is InChI=1S/C15H14N2O4/c1-21-13-5-3-2-4-12(13)17-15(20)16-11-8-6-10(7-9-11)14(18)19/h2-9H,1H3,(H,18,19)(H2,16,17,20). The smallest absolute Gasteiger partial charge is 0.335 e. The van der Waals surface area contributed by atoms with Gasteiger partial charge in [-0.1, -0.05) is 12.1 Å². The number of amides is 2. The maximum Gasteiger partial charge on any atom is 0.335 e. The average molecular weight is 286 g/mol. The highest BCUT2D eigenvalue weighted by atomic mass is 16.5. The average Bonchev–Trinajstić information content (AvgIpc) is 2.48. The Bertz CT molecular complexity index is 653. The van der Waals surface area contributed by atoms with Crippen LogP contribution >= 0.6 is 0 Å². The summed E-state index contributed by atoms with van der Waals surface area (Å²) in [6, 6.07) is 12.5. The fourth-order valence-corrected chi connectivity index (χ4v) is 1.73. The molecular weight excluding hydrogens is 272 g/mol. The third kappa shape index (κ3) is 3.73. The van der Waals surface area contributed by atoms with Crippen LogP contribution < -0.4 is 15.4 Å². The molecule has 0 atom stereocenters. The molecule has 0 radical (unpaired) electrons. The molecule has 0 spiro atoms. The quantitative estimate of drug-likeness (QED) is 0.806. The molecule has 2 rings (SSSR count). The number of nitrogens with one attached hydrogen (secondary N) is 2. The van der Waals surface area contributed by atoms with E-state index in [1.165, 1.54) is 31.4 Å². The number of urea groups is 1. The van der Waals surface area contributed by atoms with Crippen LogP contribution in [-0.2, 0) is 0 Å². The molecule has 0 unspecified atom stereocenters. The van der Waals surface area contributed by atoms with E-state index in [1.54, 1.807) is 24.3 Å². The minimum Gasteiger partial charge on any atom is -0.495 e. The van der Waals surface area contributed by atoms with Gasteiger partial charge < -0.3 is 20.5 Å². The lowest BCUT2D eigenvalue weighted by atomic mass is 10.2. The second-order valence-corrected chi connectivity index (χ2v) is 4.16. The van der Waals surface area contributed by atoms with Gasteiger partial charge in [0, 0.05) is 5.69 Å². The van der Waals surface area contributed by atoms with Gasteiger partial charge in [-0.2, -0.15) is 0 Å². The van der Waals surface area contributed by atoms with Gasteiger partial charge in [0.25, 0.3) is 0 Å². The molecule has 0 saturated carbocycles. The van der Waals surface area contributed by atoms with Crippen LogP contribution in [0.25, 0.3) is 0 Å². The van der Waals surface area contributed by atoms with E-state index in [0.717, 1.165) is 0 Å². The topological polar surface area (TPSA) is 87.7 Å². The number of carbonyl (C=O) groups is 2. The Balaban J connectivity index is 2.03. The highest BCUT2D eigenvalue weighted by Crippen LogP contribution is 2.23. The van der Waals surface area contributed by atoms with Gasteiger partial charge in [0.2, 0.25) is 0 Å². The Morgan fingerprint density at radius 2 is 1.67 bits per heavy atom. The van der Waals surface area contributed by atoms with Crippen molar-refractivity contribution in [3.05, 3.63) is 54.1 Å². The van der Waals surface area contributed by atoms with E-state index < -0.39 is 12.0 Å². The number of hydrogen-bond acceptors (Lipinski definition) is 3. The first-order valence-electron chi connectivity index (χ1n) is 6.14. The largest absolute Gasteiger partial charge is 0.495 e. The highest BCUT2D eigenvalue weighted by Gasteiger charge is 2.07. The number of benzene rings is 2. The molecule has 0 saturated heterocycles. The van der Waals surface area contributed by atoms with Crippen LogP contribution in [0.3, 0.4) is 0 Å². The molecule has 0 fully saturated rings. The van der Waals surface area contributed by atoms with Crippen molar-refractivity contribution >= 4 is 23.4 Å². The summed E-state index contributed by atoms with van der Waals surface area (Å²) in [5.41, 5.74) is 1.19. The van der Waals surface area contributed by atoms with E-state index >= 15 is 0 Å². The van der Waals surface area contributed by atoms with Gasteiger partial charge in [-0.25, -0.2) is 9.59 Å². The normalized spacial score (nSPS) is 9.76. The second-order valence-electron chi connectivity index (χ2n) is 4.16. The number of anilines is 2. The number of carboxylic acid groups (broad SMARTS) is 1. The van der Waals surface area contributed by atoms with Gasteiger partial charge in [0.15, 0.2) is 0 Å². The summed E-state index contributed by atoms with van der Waals surface area (Å²) >= 11 is 0. The Labute approximate surface area is 121 Å². The van der Waals surface area contributed by atoms with Gasteiger partial charge >= 0.3 is 12.0 Å². The lowest BCUT2D eigenvalue weighted by Gasteiger charge is -2.11. The molecule has 0 bridgehead atoms. The van der Waals surface area contributed by atoms with Crippen LogP contribution in [0.5, 0.6) is 5.75 Å². The number of rotatable bonds is 4. The molecule has 0 aliphatic carbocycles. The van der Waals surface area contributed by atoms with E-state index in [1.807, 2.05) is 0 Å². The Hall–Kier alpha value is -3.02. The zero-order chi connectivity index (χ0) is 15.2. The lowest BCUT2D eigenvalue weighted by Crippen LogP contribution is -2.19. The lowest BCUT2D eigenvalue weighted by molar-refractivity contribution is 0.0697. The molecular formula is C15H14N2O4. The molecule has 21 heavy (non-hydrogen) atoms. The number of aromatic carboxylic acids is 1. The molecule has 0 aliphatic rings. The van der Waals surface area contributed by atoms with Gasteiger partial charge in [0.05, 0.1) is 18.4 Å². The van der Waals surface area contributed by atoms with Crippen LogP contribution in [0.4, 0.5) is 16.2 Å². The second kappa shape index (κ2) is 6.42. The number of hydrogen-bond donors (Lipinski definition) is 3. The molecule has 2 amide bonds. The number of carboxylic acids is 1. The molecule has 2 aromatic carbocycles. The Morgan fingerprint density at radius 1 is 1.00 bits per heavy atom. The molecule has 3 N–H and O–H groups in total. The van der Waals surface area contributed by atoms with Crippen molar-refractivity contribution in [2.45, 2.75) is 0 Å². The summed E-state index contributed by atoms with van der Waals surface area (Å²) in [5, 5.41) is 14.1. The van der Waals surface area contributed by atoms with Crippen LogP contribution in [0, 0.1) is 0 Å². The van der Waals surface area contributed by atoms with Crippen LogP contribution in [0.15, 0.2) is 48.5 Å². The predicted molar refractivity (Wildman–Crippen MR) is 79.0 cm³/mol. The SMILES string of the molecule is COc1ccccc1NC(=O)Nc1ccc(C(=O)O)cc1. The Morgan fingerprint density at radius 3 is 2.29 bits per heavy atom. The molecule has 0 aromatic heterocycles. The number of para-hydroxylation sites is 2. The summed E-state index contributed by atoms with van der Waals surface area (Å²) in [7, 11) is 1.52. The fraction of sp³-hybridized carbons (Fsp3) is 0.0667. The van der Waals surface area contributed by atoms with E-state index in [-0.39, 0.29) is 5.56 Å². The van der Waals surface area contributed by atoms with Gasteiger partial charge in [-0.15, -0.1) is 0 Å². The first-order valence-corrected chi connectivity index (χ1v) is 6.14. The minimum absolute atomic E-state index is 0.158. The van der Waals surface area contributed by atoms with Crippen molar-refractivity contribution in [2.24, 2.45) is 0 Å². The summed E-state index contributed by atoms with van der Waals surface area (Å²) in [4.78, 5) is 22.6. The highest BCUT2D eigenvalue weighted by molar-refractivity contribution is 6.01. The van der Waals surface area contributed by atoms with Crippen molar-refractivity contribution in [1.29, 1.82) is 0 Å². The van der Waals surface area contributed by atoms with Crippen molar-refractivity contribution in [1.82, 2.24) is 0 Å². The summed E-state index contributed by atoms with van der Waals surface area (Å²) < 4.78 is 5.13. The van der Waals surface area contributed by atoms with Crippen molar-refractivity contribution in [3.8, 4) is 5.75 Å². The van der Waals surface area contributed by atoms with Crippen molar-refractivity contribution in [3.63, 3.8) is 0 Å². The van der Waals surface area contributed by atoms with E-state index in [0.29, 0.717) is 17.1 Å². The van der Waals surface area contributed by atoms with Crippen molar-refractivity contribution in [2.75, 3.05) is 17.7 Å². The zero-order valence-electron chi connectivity index (χ0n) is 11.3. The third-order valence-electron chi connectivity index (χ3n) is 2.74. The van der Waals surface area contributed by atoms with E-state index in [9.17, 15) is 9.59 Å². The van der Waals surface area contributed by atoms with Crippen LogP contribution in [0.2, 0.25) is 0 Å². The summed E-state index contributed by atoms with van der Waals surface area (Å²) in [6.07, 6.45) is 0. The number of ether oxygens (including phenoxy) is 1. The van der Waals surface area contributed by atoms with Crippen LogP contribution in [0.1, 0.15) is 10.4 Å². The van der Waals surface area contributed by atoms with Gasteiger partial charge in [0.1, 0.15) is 5.75 Å². The fourth-order valence-electron chi connectivity index (χ4n) is 1.73. The number of methoxy groups -OCH3 is 1. The first kappa shape index (κ1) is 14.4. The molecule has 108 valence electrons. The van der Waals surface area contributed by atoms with E-state index in [4.69, 9.17) is 9.84 Å². The summed E-state index contributed by atoms with van der Waals surface area (Å²) in [5.74, 6) is -0.464. The minimum atomic E-state index is -1.01. The van der Waals surface area contributed by atoms with Crippen molar-refractivity contribution < 1.29 is 19.4 Å². The molecule has 6 heteroatoms. The maximum atomic E-state index is 11.9. The van der Waals surface area contributed by atoms with Gasteiger partial charge in [-0.3, -0.25) is 0 Å². The molecule has 0 heterocycles. The Kier molecular flexibility index (Phi) is 4.40. The maximum absolute atomic E-state index is 11.9. The zero-order valence-corrected chi connectivity index (χ0v) is 11.3. The number of carbonyl (C=O) groups excluding carboxylic acids is 1. The summed E-state index contributed by atoms with van der Waals surface area (Å²) in [6.45, 7) is 0. The first-order chi connectivity index (χ1) is 10.1. The molecule has 6 nitrogen and oxygen atoms in total. The molecule has 0 aliphatic heterocycles. The monoisotopic (exact) mass is 286 g/mol. The third-order valence-corrected chi connectivity index (χ3v) is 2.74. The molecule has 2 aromatic rings. The van der Waals surface area contributed by atoms with Gasteiger partial charge in [-0.05, 0) is 36.4 Å². The van der Waals surface area contributed by atoms with Crippen LogP contribution in [-0.4, -0.2) is 24.2 Å². The van der Waals surface area contributed by atoms with E-state index in [2.05, 4.69) is 10.6 Å². The predicted octanol–water partition coefficient (Wildman–Crippen LogP) is 3.04.